The van der Waals surface area contributed by atoms with Gasteiger partial charge in [0.1, 0.15) is 6.04 Å². The van der Waals surface area contributed by atoms with E-state index in [2.05, 4.69) is 5.32 Å². The number of hydrogen-bond donors (Lipinski definition) is 3. The number of nitrogens with two attached hydrogens (primary N) is 1. The van der Waals surface area contributed by atoms with Crippen LogP contribution < -0.4 is 11.1 Å². The number of carboxylic acids is 1. The van der Waals surface area contributed by atoms with Gasteiger partial charge in [0.15, 0.2) is 5.78 Å². The number of hydrogen-bond acceptors (Lipinski definition) is 6. The minimum atomic E-state index is -0.802. The van der Waals surface area contributed by atoms with Crippen LogP contribution in [0.4, 0.5) is 0 Å². The highest BCUT2D eigenvalue weighted by Crippen LogP contribution is 2.64. The number of carboxylic acid groups (broad SMARTS) is 1. The topological polar surface area (TPSA) is 92.4 Å². The minimum absolute atomic E-state index is 0.107. The molecule has 0 aromatic heterocycles. The van der Waals surface area contributed by atoms with Crippen LogP contribution >= 0.6 is 21.6 Å². The lowest BCUT2D eigenvalue weighted by Gasteiger charge is -2.55. The third-order valence-electron chi connectivity index (χ3n) is 4.64. The summed E-state index contributed by atoms with van der Waals surface area (Å²) in [4.78, 5) is 23.3. The second-order valence-corrected chi connectivity index (χ2v) is 8.61. The number of rotatable bonds is 6. The average Bonchev–Trinajstić information content (AvgIpc) is 2.47. The van der Waals surface area contributed by atoms with Gasteiger partial charge in [-0.05, 0) is 32.7 Å². The van der Waals surface area contributed by atoms with Gasteiger partial charge in [-0.2, -0.15) is 0 Å². The van der Waals surface area contributed by atoms with Crippen molar-refractivity contribution < 1.29 is 14.7 Å². The van der Waals surface area contributed by atoms with Crippen LogP contribution in [0.3, 0.4) is 0 Å². The predicted octanol–water partition coefficient (Wildman–Crippen LogP) is 1.41. The van der Waals surface area contributed by atoms with Crippen molar-refractivity contribution in [2.75, 3.05) is 7.05 Å². The molecule has 0 aromatic rings. The molecule has 1 aliphatic carbocycles. The van der Waals surface area contributed by atoms with E-state index in [1.807, 2.05) is 6.92 Å². The summed E-state index contributed by atoms with van der Waals surface area (Å²) in [6.45, 7) is 1.84. The van der Waals surface area contributed by atoms with E-state index in [1.54, 1.807) is 28.6 Å². The lowest BCUT2D eigenvalue weighted by atomic mass is 9.73. The molecule has 0 spiro atoms. The van der Waals surface area contributed by atoms with E-state index in [-0.39, 0.29) is 15.3 Å². The van der Waals surface area contributed by atoms with Gasteiger partial charge < -0.3 is 16.2 Å². The number of aliphatic carboxylic acids is 1. The Labute approximate surface area is 127 Å². The largest absolute Gasteiger partial charge is 0.480 e. The maximum absolute atomic E-state index is 11.9. The van der Waals surface area contributed by atoms with Crippen molar-refractivity contribution in [3.05, 3.63) is 0 Å². The summed E-state index contributed by atoms with van der Waals surface area (Å²) in [5, 5.41) is 12.3. The van der Waals surface area contributed by atoms with Gasteiger partial charge in [0.25, 0.3) is 0 Å². The summed E-state index contributed by atoms with van der Waals surface area (Å²) in [6.07, 6.45) is 3.71. The Balaban J connectivity index is 2.15. The fourth-order valence-corrected chi connectivity index (χ4v) is 7.47. The van der Waals surface area contributed by atoms with Gasteiger partial charge >= 0.3 is 5.97 Å². The van der Waals surface area contributed by atoms with E-state index in [1.165, 1.54) is 0 Å². The first-order chi connectivity index (χ1) is 9.41. The summed E-state index contributed by atoms with van der Waals surface area (Å²) in [5.41, 5.74) is 6.17. The smallest absolute Gasteiger partial charge is 0.322 e. The summed E-state index contributed by atoms with van der Waals surface area (Å²) < 4.78 is -0.474. The lowest BCUT2D eigenvalue weighted by Crippen LogP contribution is -2.62. The summed E-state index contributed by atoms with van der Waals surface area (Å²) in [6, 6.07) is -0.974. The van der Waals surface area contributed by atoms with Crippen LogP contribution in [0.25, 0.3) is 0 Å². The molecule has 3 rings (SSSR count). The zero-order chi connectivity index (χ0) is 15.0. The van der Waals surface area contributed by atoms with Gasteiger partial charge in [0.05, 0.1) is 10.8 Å². The Morgan fingerprint density at radius 2 is 1.75 bits per heavy atom. The molecule has 3 fully saturated rings. The second kappa shape index (κ2) is 5.87. The van der Waals surface area contributed by atoms with Crippen LogP contribution in [0.2, 0.25) is 0 Å². The molecule has 0 radical (unpaired) electrons. The monoisotopic (exact) mass is 318 g/mol. The lowest BCUT2D eigenvalue weighted by molar-refractivity contribution is -0.140. The minimum Gasteiger partial charge on any atom is -0.480 e. The van der Waals surface area contributed by atoms with E-state index < -0.39 is 18.1 Å². The number of carbonyl (C=O) groups is 2. The van der Waals surface area contributed by atoms with E-state index in [0.717, 1.165) is 25.7 Å². The molecular formula is C13H22N2O3S2. The molecule has 114 valence electrons. The molecule has 4 N–H and O–H groups in total. The Bertz CT molecular complexity index is 392. The number of ketones is 1. The molecule has 2 atom stereocenters. The molecule has 2 saturated heterocycles. The van der Waals surface area contributed by atoms with Crippen molar-refractivity contribution in [2.45, 2.75) is 60.6 Å². The normalized spacial score (nSPS) is 35.5. The van der Waals surface area contributed by atoms with Crippen LogP contribution in [0.15, 0.2) is 0 Å². The molecular weight excluding hydrogens is 296 g/mol. The van der Waals surface area contributed by atoms with Crippen LogP contribution in [0, 0.1) is 0 Å². The Morgan fingerprint density at radius 3 is 2.10 bits per heavy atom. The van der Waals surface area contributed by atoms with E-state index in [0.29, 0.717) is 6.42 Å². The van der Waals surface area contributed by atoms with Crippen LogP contribution in [0.1, 0.15) is 39.0 Å². The van der Waals surface area contributed by atoms with Crippen molar-refractivity contribution in [3.8, 4) is 0 Å². The van der Waals surface area contributed by atoms with Gasteiger partial charge in [-0.3, -0.25) is 9.59 Å². The molecule has 7 heteroatoms. The fraction of sp³-hybridized carbons (Fsp3) is 0.846. The molecule has 0 amide bonds. The molecule has 20 heavy (non-hydrogen) atoms. The van der Waals surface area contributed by atoms with E-state index in [9.17, 15) is 14.7 Å². The summed E-state index contributed by atoms with van der Waals surface area (Å²) >= 11 is 0. The van der Waals surface area contributed by atoms with Crippen molar-refractivity contribution in [1.29, 1.82) is 0 Å². The molecule has 3 aliphatic rings. The third kappa shape index (κ3) is 2.49. The van der Waals surface area contributed by atoms with E-state index in [4.69, 9.17) is 5.73 Å². The van der Waals surface area contributed by atoms with Gasteiger partial charge in [-0.25, -0.2) is 0 Å². The van der Waals surface area contributed by atoms with Crippen molar-refractivity contribution in [3.63, 3.8) is 0 Å². The van der Waals surface area contributed by atoms with Gasteiger partial charge in [-0.1, -0.05) is 28.5 Å². The first-order valence-corrected chi connectivity index (χ1v) is 9.11. The van der Waals surface area contributed by atoms with Crippen molar-refractivity contribution >= 4 is 33.3 Å². The standard InChI is InChI=1S/C13H22N2O3S2/c1-3-8(16)9(14)12-4-6-13(7-5-12,20-19-12)10(15-2)11(17)18/h9-10,15H,3-7,14H2,1-2H3,(H,17,18). The van der Waals surface area contributed by atoms with Gasteiger partial charge in [-0.15, -0.1) is 0 Å². The Morgan fingerprint density at radius 1 is 1.25 bits per heavy atom. The van der Waals surface area contributed by atoms with Gasteiger partial charge in [0, 0.05) is 11.2 Å². The Kier molecular flexibility index (Phi) is 4.73. The van der Waals surface area contributed by atoms with Crippen molar-refractivity contribution in [1.82, 2.24) is 5.32 Å². The Hall–Kier alpha value is -0.240. The molecule has 5 nitrogen and oxygen atoms in total. The summed E-state index contributed by atoms with van der Waals surface area (Å²) in [7, 11) is 4.95. The maximum Gasteiger partial charge on any atom is 0.322 e. The number of carbonyl (C=O) groups excluding carboxylic acids is 1. The van der Waals surface area contributed by atoms with Gasteiger partial charge in [0.2, 0.25) is 0 Å². The highest BCUT2D eigenvalue weighted by atomic mass is 33.1. The molecule has 2 heterocycles. The average molecular weight is 318 g/mol. The van der Waals surface area contributed by atoms with Crippen LogP contribution in [0.5, 0.6) is 0 Å². The maximum atomic E-state index is 11.9. The SMILES string of the molecule is CCC(=O)C(N)C12CCC(C(NC)C(=O)O)(CC1)SS2. The van der Waals surface area contributed by atoms with Crippen molar-refractivity contribution in [2.24, 2.45) is 5.73 Å². The van der Waals surface area contributed by atoms with E-state index >= 15 is 0 Å². The highest BCUT2D eigenvalue weighted by Gasteiger charge is 2.58. The zero-order valence-electron chi connectivity index (χ0n) is 11.8. The van der Waals surface area contributed by atoms with Crippen LogP contribution in [-0.4, -0.2) is 45.5 Å². The second-order valence-electron chi connectivity index (χ2n) is 5.65. The highest BCUT2D eigenvalue weighted by molar-refractivity contribution is 8.77. The number of likely N-dealkylation sites (N-methyl/N-ethyl adjacent to an activating group) is 1. The third-order valence-corrected chi connectivity index (χ3v) is 8.94. The molecule has 1 saturated carbocycles. The molecule has 2 unspecified atom stereocenters. The predicted molar refractivity (Wildman–Crippen MR) is 82.9 cm³/mol. The first kappa shape index (κ1) is 16.1. The quantitative estimate of drug-likeness (QED) is 0.638. The molecule has 0 aromatic carbocycles. The fourth-order valence-electron chi connectivity index (χ4n) is 3.25. The number of fused-ring (bicyclic) bond motifs is 3. The number of Topliss-reactive ketones (excluding diaryl/α,β-unsaturated/α-hetero) is 1. The van der Waals surface area contributed by atoms with Crippen LogP contribution in [-0.2, 0) is 9.59 Å². The molecule has 2 bridgehead atoms. The zero-order valence-corrected chi connectivity index (χ0v) is 13.5. The summed E-state index contributed by atoms with van der Waals surface area (Å²) in [5.74, 6) is -0.695. The number of nitrogens with one attached hydrogen (secondary N) is 1. The first-order valence-electron chi connectivity index (χ1n) is 6.96. The molecule has 2 aliphatic heterocycles.